The maximum atomic E-state index is 14.3. The van der Waals surface area contributed by atoms with Gasteiger partial charge in [-0.1, -0.05) is 62.2 Å². The molecule has 3 aromatic rings. The first-order chi connectivity index (χ1) is 11.7. The highest BCUT2D eigenvalue weighted by molar-refractivity contribution is 5.89. The molecule has 0 N–H and O–H groups in total. The maximum Gasteiger partial charge on any atom is 0.172 e. The maximum absolute atomic E-state index is 14.3. The summed E-state index contributed by atoms with van der Waals surface area (Å²) in [5.74, 6) is -0.0143. The van der Waals surface area contributed by atoms with Gasteiger partial charge in [0, 0.05) is 5.39 Å². The van der Waals surface area contributed by atoms with Gasteiger partial charge in [-0.15, -0.1) is 0 Å². The first kappa shape index (κ1) is 16.5. The highest BCUT2D eigenvalue weighted by Gasteiger charge is 2.08. The van der Waals surface area contributed by atoms with E-state index in [1.54, 1.807) is 6.07 Å². The number of halogens is 1. The van der Waals surface area contributed by atoms with Gasteiger partial charge in [0.2, 0.25) is 0 Å². The molecular formula is C22H23FO. The molecule has 1 nitrogen and oxygen atoms in total. The molecule has 124 valence electrons. The van der Waals surface area contributed by atoms with E-state index in [1.165, 1.54) is 31.9 Å². The number of rotatable bonds is 6. The van der Waals surface area contributed by atoms with Gasteiger partial charge in [-0.2, -0.15) is 0 Å². The van der Waals surface area contributed by atoms with Gasteiger partial charge in [0.1, 0.15) is 0 Å². The minimum absolute atomic E-state index is 0.284. The summed E-state index contributed by atoms with van der Waals surface area (Å²) in [4.78, 5) is 0. The van der Waals surface area contributed by atoms with Crippen LogP contribution in [0.1, 0.15) is 31.7 Å². The van der Waals surface area contributed by atoms with Crippen LogP contribution >= 0.6 is 0 Å². The fourth-order valence-corrected chi connectivity index (χ4v) is 3.05. The predicted molar refractivity (Wildman–Crippen MR) is 99.1 cm³/mol. The molecule has 0 unspecified atom stereocenters. The molecule has 0 aliphatic heterocycles. The molecule has 0 spiro atoms. The van der Waals surface area contributed by atoms with Crippen LogP contribution in [0.25, 0.3) is 21.9 Å². The Hall–Kier alpha value is -2.35. The zero-order valence-corrected chi connectivity index (χ0v) is 14.3. The Morgan fingerprint density at radius 2 is 1.62 bits per heavy atom. The van der Waals surface area contributed by atoms with Crippen molar-refractivity contribution in [2.45, 2.75) is 32.6 Å². The van der Waals surface area contributed by atoms with Crippen molar-refractivity contribution in [3.63, 3.8) is 0 Å². The molecule has 2 heteroatoms. The van der Waals surface area contributed by atoms with E-state index in [0.717, 1.165) is 22.9 Å². The number of fused-ring (bicyclic) bond motifs is 1. The SMILES string of the molecule is CCCCCc1ccc(-c2ccc3c(F)c(OC)ccc3c2)cc1. The molecule has 0 saturated heterocycles. The number of unbranched alkanes of at least 4 members (excludes halogenated alkanes) is 2. The van der Waals surface area contributed by atoms with Crippen LogP contribution in [0, 0.1) is 5.82 Å². The Morgan fingerprint density at radius 1 is 0.875 bits per heavy atom. The minimum atomic E-state index is -0.298. The lowest BCUT2D eigenvalue weighted by atomic mass is 9.98. The zero-order chi connectivity index (χ0) is 16.9. The quantitative estimate of drug-likeness (QED) is 0.478. The van der Waals surface area contributed by atoms with E-state index in [4.69, 9.17) is 4.74 Å². The number of aryl methyl sites for hydroxylation is 1. The van der Waals surface area contributed by atoms with Gasteiger partial charge in [-0.25, -0.2) is 4.39 Å². The summed E-state index contributed by atoms with van der Waals surface area (Å²) >= 11 is 0. The van der Waals surface area contributed by atoms with Gasteiger partial charge in [0.15, 0.2) is 11.6 Å². The Morgan fingerprint density at radius 3 is 2.33 bits per heavy atom. The Balaban J connectivity index is 1.86. The second-order valence-electron chi connectivity index (χ2n) is 6.17. The predicted octanol–water partition coefficient (Wildman–Crippen LogP) is 6.39. The van der Waals surface area contributed by atoms with Crippen LogP contribution in [0.2, 0.25) is 0 Å². The third-order valence-corrected chi connectivity index (χ3v) is 4.49. The number of ether oxygens (including phenoxy) is 1. The van der Waals surface area contributed by atoms with Crippen LogP contribution in [0.4, 0.5) is 4.39 Å². The van der Waals surface area contributed by atoms with Crippen LogP contribution in [0.5, 0.6) is 5.75 Å². The summed E-state index contributed by atoms with van der Waals surface area (Å²) in [5, 5.41) is 1.48. The average molecular weight is 322 g/mol. The van der Waals surface area contributed by atoms with Crippen LogP contribution in [0.3, 0.4) is 0 Å². The van der Waals surface area contributed by atoms with Gasteiger partial charge in [0.25, 0.3) is 0 Å². The van der Waals surface area contributed by atoms with E-state index >= 15 is 0 Å². The normalized spacial score (nSPS) is 11.0. The molecule has 0 aromatic heterocycles. The number of methoxy groups -OCH3 is 1. The summed E-state index contributed by atoms with van der Waals surface area (Å²) in [6.45, 7) is 2.22. The van der Waals surface area contributed by atoms with Crippen molar-refractivity contribution in [2.24, 2.45) is 0 Å². The van der Waals surface area contributed by atoms with Crippen molar-refractivity contribution >= 4 is 10.8 Å². The molecule has 0 fully saturated rings. The summed E-state index contributed by atoms with van der Waals surface area (Å²) in [5.41, 5.74) is 3.64. The monoisotopic (exact) mass is 322 g/mol. The molecule has 24 heavy (non-hydrogen) atoms. The minimum Gasteiger partial charge on any atom is -0.494 e. The zero-order valence-electron chi connectivity index (χ0n) is 14.3. The molecule has 0 bridgehead atoms. The summed E-state index contributed by atoms with van der Waals surface area (Å²) < 4.78 is 19.3. The molecule has 0 heterocycles. The van der Waals surface area contributed by atoms with Gasteiger partial charge in [-0.05, 0) is 47.1 Å². The fourth-order valence-electron chi connectivity index (χ4n) is 3.05. The third kappa shape index (κ3) is 3.43. The topological polar surface area (TPSA) is 9.23 Å². The van der Waals surface area contributed by atoms with Crippen LogP contribution in [-0.2, 0) is 6.42 Å². The largest absolute Gasteiger partial charge is 0.494 e. The number of hydrogen-bond acceptors (Lipinski definition) is 1. The molecule has 0 saturated carbocycles. The van der Waals surface area contributed by atoms with E-state index in [2.05, 4.69) is 31.2 Å². The molecule has 0 aliphatic carbocycles. The van der Waals surface area contributed by atoms with Crippen molar-refractivity contribution < 1.29 is 9.13 Å². The number of hydrogen-bond donors (Lipinski definition) is 0. The van der Waals surface area contributed by atoms with Gasteiger partial charge >= 0.3 is 0 Å². The Labute approximate surface area is 143 Å². The van der Waals surface area contributed by atoms with E-state index in [9.17, 15) is 4.39 Å². The fraction of sp³-hybridized carbons (Fsp3) is 0.273. The summed E-state index contributed by atoms with van der Waals surface area (Å²) in [7, 11) is 1.49. The molecule has 0 amide bonds. The summed E-state index contributed by atoms with van der Waals surface area (Å²) in [6.07, 6.45) is 4.90. The first-order valence-electron chi connectivity index (χ1n) is 8.58. The lowest BCUT2D eigenvalue weighted by molar-refractivity contribution is 0.389. The van der Waals surface area contributed by atoms with E-state index in [1.807, 2.05) is 24.3 Å². The first-order valence-corrected chi connectivity index (χ1v) is 8.58. The van der Waals surface area contributed by atoms with Crippen molar-refractivity contribution in [3.8, 4) is 16.9 Å². The molecule has 0 aliphatic rings. The average Bonchev–Trinajstić information content (AvgIpc) is 2.63. The van der Waals surface area contributed by atoms with Gasteiger partial charge < -0.3 is 4.74 Å². The molecule has 0 radical (unpaired) electrons. The van der Waals surface area contributed by atoms with Crippen LogP contribution in [-0.4, -0.2) is 7.11 Å². The van der Waals surface area contributed by atoms with Crippen LogP contribution in [0.15, 0.2) is 54.6 Å². The summed E-state index contributed by atoms with van der Waals surface area (Å²) in [6, 6.07) is 18.1. The lowest BCUT2D eigenvalue weighted by Crippen LogP contribution is -1.90. The highest BCUT2D eigenvalue weighted by atomic mass is 19.1. The lowest BCUT2D eigenvalue weighted by Gasteiger charge is -2.08. The van der Waals surface area contributed by atoms with E-state index < -0.39 is 0 Å². The van der Waals surface area contributed by atoms with Crippen molar-refractivity contribution in [2.75, 3.05) is 7.11 Å². The standard InChI is InChI=1S/C22H23FO/c1-3-4-5-6-16-7-9-17(10-8-16)18-11-13-20-19(15-18)12-14-21(24-2)22(20)23/h7-15H,3-6H2,1-2H3. The van der Waals surface area contributed by atoms with Crippen molar-refractivity contribution in [3.05, 3.63) is 66.0 Å². The smallest absolute Gasteiger partial charge is 0.172 e. The molecule has 3 rings (SSSR count). The number of benzene rings is 3. The van der Waals surface area contributed by atoms with Gasteiger partial charge in [-0.3, -0.25) is 0 Å². The van der Waals surface area contributed by atoms with E-state index in [0.29, 0.717) is 5.39 Å². The molecule has 0 atom stereocenters. The van der Waals surface area contributed by atoms with Crippen molar-refractivity contribution in [1.82, 2.24) is 0 Å². The second-order valence-corrected chi connectivity index (χ2v) is 6.17. The van der Waals surface area contributed by atoms with Gasteiger partial charge in [0.05, 0.1) is 7.11 Å². The van der Waals surface area contributed by atoms with Crippen LogP contribution < -0.4 is 4.74 Å². The Bertz CT molecular complexity index is 821. The molecule has 3 aromatic carbocycles. The van der Waals surface area contributed by atoms with Crippen molar-refractivity contribution in [1.29, 1.82) is 0 Å². The second kappa shape index (κ2) is 7.48. The van der Waals surface area contributed by atoms with E-state index in [-0.39, 0.29) is 11.6 Å². The molecular weight excluding hydrogens is 299 g/mol. The third-order valence-electron chi connectivity index (χ3n) is 4.49. The Kier molecular flexibility index (Phi) is 5.14. The highest BCUT2D eigenvalue weighted by Crippen LogP contribution is 2.30.